The van der Waals surface area contributed by atoms with Gasteiger partial charge < -0.3 is 10.1 Å². The lowest BCUT2D eigenvalue weighted by Crippen LogP contribution is -2.13. The summed E-state index contributed by atoms with van der Waals surface area (Å²) in [7, 11) is 0. The lowest BCUT2D eigenvalue weighted by atomic mass is 10.2. The van der Waals surface area contributed by atoms with E-state index in [1.807, 2.05) is 26.0 Å². The van der Waals surface area contributed by atoms with Crippen LogP contribution in [0, 0.1) is 0 Å². The van der Waals surface area contributed by atoms with Gasteiger partial charge in [-0.25, -0.2) is 9.50 Å². The number of nitrogens with one attached hydrogen (secondary N) is 1. The highest BCUT2D eigenvalue weighted by Gasteiger charge is 2.08. The summed E-state index contributed by atoms with van der Waals surface area (Å²) in [6.07, 6.45) is 5.06. The van der Waals surface area contributed by atoms with Gasteiger partial charge in [-0.3, -0.25) is 4.79 Å². The van der Waals surface area contributed by atoms with Crippen LogP contribution in [0.15, 0.2) is 48.9 Å². The molecule has 0 fully saturated rings. The SMILES string of the molecule is CC(C)Oc1ccc(C(=O)Nc2ccn3nccc3c2)cn1. The first-order valence-electron chi connectivity index (χ1n) is 6.99. The zero-order chi connectivity index (χ0) is 15.5. The quantitative estimate of drug-likeness (QED) is 0.803. The summed E-state index contributed by atoms with van der Waals surface area (Å²) in [6.45, 7) is 3.85. The molecule has 0 aliphatic rings. The van der Waals surface area contributed by atoms with Crippen molar-refractivity contribution in [1.29, 1.82) is 0 Å². The topological polar surface area (TPSA) is 68.5 Å². The first-order chi connectivity index (χ1) is 10.6. The van der Waals surface area contributed by atoms with Crippen LogP contribution in [0.4, 0.5) is 5.69 Å². The fourth-order valence-electron chi connectivity index (χ4n) is 2.03. The van der Waals surface area contributed by atoms with Crippen LogP contribution in [0.25, 0.3) is 5.52 Å². The Morgan fingerprint density at radius 2 is 2.14 bits per heavy atom. The van der Waals surface area contributed by atoms with E-state index in [4.69, 9.17) is 4.74 Å². The minimum absolute atomic E-state index is 0.0505. The molecule has 0 unspecified atom stereocenters. The maximum atomic E-state index is 12.2. The molecule has 0 bridgehead atoms. The number of carbonyl (C=O) groups excluding carboxylic acids is 1. The minimum Gasteiger partial charge on any atom is -0.475 e. The van der Waals surface area contributed by atoms with Crippen LogP contribution in [-0.2, 0) is 0 Å². The lowest BCUT2D eigenvalue weighted by molar-refractivity contribution is 0.102. The highest BCUT2D eigenvalue weighted by molar-refractivity contribution is 6.04. The first-order valence-corrected chi connectivity index (χ1v) is 6.99. The molecule has 3 heterocycles. The standard InChI is InChI=1S/C16H16N4O2/c1-11(2)22-15-4-3-12(10-17-15)16(21)19-13-6-8-20-14(9-13)5-7-18-20/h3-11H,1-2H3,(H,19,21). The van der Waals surface area contributed by atoms with Crippen molar-refractivity contribution in [2.75, 3.05) is 5.32 Å². The summed E-state index contributed by atoms with van der Waals surface area (Å²) < 4.78 is 7.19. The van der Waals surface area contributed by atoms with Gasteiger partial charge in [0.05, 0.1) is 17.2 Å². The molecule has 0 radical (unpaired) electrons. The molecule has 0 saturated heterocycles. The number of anilines is 1. The summed E-state index contributed by atoms with van der Waals surface area (Å²) in [6, 6.07) is 8.90. The van der Waals surface area contributed by atoms with Crippen LogP contribution >= 0.6 is 0 Å². The molecule has 112 valence electrons. The number of hydrogen-bond acceptors (Lipinski definition) is 4. The Bertz CT molecular complexity index is 793. The van der Waals surface area contributed by atoms with Gasteiger partial charge in [0.1, 0.15) is 0 Å². The first kappa shape index (κ1) is 14.1. The Morgan fingerprint density at radius 3 is 2.86 bits per heavy atom. The predicted octanol–water partition coefficient (Wildman–Crippen LogP) is 2.77. The number of hydrogen-bond donors (Lipinski definition) is 1. The molecule has 6 heteroatoms. The van der Waals surface area contributed by atoms with E-state index < -0.39 is 0 Å². The average molecular weight is 296 g/mol. The maximum absolute atomic E-state index is 12.2. The molecule has 1 amide bonds. The van der Waals surface area contributed by atoms with Crippen LogP contribution < -0.4 is 10.1 Å². The second kappa shape index (κ2) is 5.85. The third kappa shape index (κ3) is 3.06. The molecule has 0 aliphatic carbocycles. The molecule has 3 aromatic heterocycles. The second-order valence-electron chi connectivity index (χ2n) is 5.12. The van der Waals surface area contributed by atoms with Gasteiger partial charge in [-0.1, -0.05) is 0 Å². The molecular formula is C16H16N4O2. The summed E-state index contributed by atoms with van der Waals surface area (Å²) in [5.74, 6) is 0.291. The number of pyridine rings is 2. The van der Waals surface area contributed by atoms with E-state index in [9.17, 15) is 4.79 Å². The highest BCUT2D eigenvalue weighted by Crippen LogP contribution is 2.14. The maximum Gasteiger partial charge on any atom is 0.257 e. The molecule has 0 spiro atoms. The van der Waals surface area contributed by atoms with Crippen LogP contribution in [0.1, 0.15) is 24.2 Å². The zero-order valence-electron chi connectivity index (χ0n) is 12.4. The van der Waals surface area contributed by atoms with Crippen molar-refractivity contribution in [3.05, 3.63) is 54.5 Å². The van der Waals surface area contributed by atoms with Gasteiger partial charge >= 0.3 is 0 Å². The molecule has 0 atom stereocenters. The fourth-order valence-corrected chi connectivity index (χ4v) is 2.03. The van der Waals surface area contributed by atoms with Crippen molar-refractivity contribution >= 4 is 17.1 Å². The van der Waals surface area contributed by atoms with Crippen molar-refractivity contribution in [3.63, 3.8) is 0 Å². The van der Waals surface area contributed by atoms with E-state index in [0.29, 0.717) is 17.1 Å². The van der Waals surface area contributed by atoms with E-state index in [-0.39, 0.29) is 12.0 Å². The van der Waals surface area contributed by atoms with Crippen molar-refractivity contribution in [1.82, 2.24) is 14.6 Å². The van der Waals surface area contributed by atoms with Gasteiger partial charge in [0.15, 0.2) is 0 Å². The molecule has 22 heavy (non-hydrogen) atoms. The van der Waals surface area contributed by atoms with Gasteiger partial charge in [-0.05, 0) is 38.1 Å². The molecule has 0 aliphatic heterocycles. The number of fused-ring (bicyclic) bond motifs is 1. The monoisotopic (exact) mass is 296 g/mol. The normalized spacial score (nSPS) is 10.9. The van der Waals surface area contributed by atoms with Crippen molar-refractivity contribution in [3.8, 4) is 5.88 Å². The van der Waals surface area contributed by atoms with E-state index in [1.165, 1.54) is 6.20 Å². The van der Waals surface area contributed by atoms with E-state index in [0.717, 1.165) is 5.52 Å². The molecule has 3 aromatic rings. The highest BCUT2D eigenvalue weighted by atomic mass is 16.5. The van der Waals surface area contributed by atoms with Gasteiger partial charge in [0, 0.05) is 30.3 Å². The zero-order valence-corrected chi connectivity index (χ0v) is 12.4. The van der Waals surface area contributed by atoms with E-state index in [1.54, 1.807) is 35.1 Å². The van der Waals surface area contributed by atoms with Crippen LogP contribution in [0.3, 0.4) is 0 Å². The largest absolute Gasteiger partial charge is 0.475 e. The van der Waals surface area contributed by atoms with Crippen molar-refractivity contribution in [2.45, 2.75) is 20.0 Å². The summed E-state index contributed by atoms with van der Waals surface area (Å²) in [4.78, 5) is 16.3. The molecule has 0 saturated carbocycles. The Morgan fingerprint density at radius 1 is 1.27 bits per heavy atom. The Kier molecular flexibility index (Phi) is 3.74. The van der Waals surface area contributed by atoms with Crippen molar-refractivity contribution in [2.24, 2.45) is 0 Å². The molecular weight excluding hydrogens is 280 g/mol. The van der Waals surface area contributed by atoms with Gasteiger partial charge in [0.25, 0.3) is 5.91 Å². The van der Waals surface area contributed by atoms with Crippen molar-refractivity contribution < 1.29 is 9.53 Å². The van der Waals surface area contributed by atoms with Crippen LogP contribution in [0.2, 0.25) is 0 Å². The number of aromatic nitrogens is 3. The number of rotatable bonds is 4. The lowest BCUT2D eigenvalue weighted by Gasteiger charge is -2.09. The molecule has 6 nitrogen and oxygen atoms in total. The van der Waals surface area contributed by atoms with Crippen LogP contribution in [-0.4, -0.2) is 26.6 Å². The van der Waals surface area contributed by atoms with Crippen LogP contribution in [0.5, 0.6) is 5.88 Å². The average Bonchev–Trinajstić information content (AvgIpc) is 2.95. The smallest absolute Gasteiger partial charge is 0.257 e. The number of nitrogens with zero attached hydrogens (tertiary/aromatic N) is 3. The fraction of sp³-hybridized carbons (Fsp3) is 0.188. The third-order valence-electron chi connectivity index (χ3n) is 3.01. The van der Waals surface area contributed by atoms with Gasteiger partial charge in [0.2, 0.25) is 5.88 Å². The Balaban J connectivity index is 1.73. The van der Waals surface area contributed by atoms with E-state index >= 15 is 0 Å². The summed E-state index contributed by atoms with van der Waals surface area (Å²) in [5.41, 5.74) is 2.10. The Labute approximate surface area is 127 Å². The predicted molar refractivity (Wildman–Crippen MR) is 83.1 cm³/mol. The second-order valence-corrected chi connectivity index (χ2v) is 5.12. The molecule has 3 rings (SSSR count). The molecule has 1 N–H and O–H groups in total. The number of ether oxygens (including phenoxy) is 1. The van der Waals surface area contributed by atoms with Gasteiger partial charge in [-0.15, -0.1) is 0 Å². The van der Waals surface area contributed by atoms with E-state index in [2.05, 4.69) is 15.4 Å². The number of amides is 1. The third-order valence-corrected chi connectivity index (χ3v) is 3.01. The Hall–Kier alpha value is -2.89. The minimum atomic E-state index is -0.215. The summed E-state index contributed by atoms with van der Waals surface area (Å²) >= 11 is 0. The van der Waals surface area contributed by atoms with Gasteiger partial charge in [-0.2, -0.15) is 5.10 Å². The molecule has 0 aromatic carbocycles. The number of carbonyl (C=O) groups is 1. The summed E-state index contributed by atoms with van der Waals surface area (Å²) in [5, 5.41) is 6.95.